The Hall–Kier alpha value is -2.90. The van der Waals surface area contributed by atoms with Crippen molar-refractivity contribution in [2.75, 3.05) is 30.4 Å². The third-order valence-corrected chi connectivity index (χ3v) is 4.87. The highest BCUT2D eigenvalue weighted by Crippen LogP contribution is 2.32. The average molecular weight is 374 g/mol. The molecular formula is C19H23FN4O3. The van der Waals surface area contributed by atoms with Crippen LogP contribution < -0.4 is 15.0 Å². The summed E-state index contributed by atoms with van der Waals surface area (Å²) in [6, 6.07) is 6.07. The second-order valence-corrected chi connectivity index (χ2v) is 6.81. The van der Waals surface area contributed by atoms with Gasteiger partial charge in [0.2, 0.25) is 0 Å². The van der Waals surface area contributed by atoms with Crippen LogP contribution in [0.1, 0.15) is 25.3 Å². The molecule has 1 aromatic carbocycles. The van der Waals surface area contributed by atoms with Crippen molar-refractivity contribution in [3.05, 3.63) is 52.0 Å². The number of nitrogens with one attached hydrogen (secondary N) is 1. The number of nitro groups is 1. The number of hydrogen-bond donors (Lipinski definition) is 1. The molecule has 27 heavy (non-hydrogen) atoms. The van der Waals surface area contributed by atoms with Gasteiger partial charge < -0.3 is 15.0 Å². The van der Waals surface area contributed by atoms with E-state index in [0.29, 0.717) is 6.54 Å². The van der Waals surface area contributed by atoms with E-state index in [0.717, 1.165) is 36.5 Å². The molecule has 0 aliphatic carbocycles. The van der Waals surface area contributed by atoms with E-state index in [1.807, 2.05) is 12.1 Å². The van der Waals surface area contributed by atoms with Crippen LogP contribution in [-0.4, -0.2) is 30.1 Å². The summed E-state index contributed by atoms with van der Waals surface area (Å²) in [5, 5.41) is 14.1. The van der Waals surface area contributed by atoms with Gasteiger partial charge >= 0.3 is 0 Å². The molecule has 0 amide bonds. The molecule has 0 atom stereocenters. The van der Waals surface area contributed by atoms with E-state index < -0.39 is 10.7 Å². The highest BCUT2D eigenvalue weighted by atomic mass is 19.1. The second-order valence-electron chi connectivity index (χ2n) is 6.81. The molecule has 1 aromatic heterocycles. The minimum absolute atomic E-state index is 0.0455. The number of methoxy groups -OCH3 is 1. The number of pyridine rings is 1. The summed E-state index contributed by atoms with van der Waals surface area (Å²) in [6.45, 7) is 4.61. The number of ether oxygens (including phenoxy) is 1. The van der Waals surface area contributed by atoms with Crippen molar-refractivity contribution in [2.45, 2.75) is 26.3 Å². The number of nitrogens with zero attached hydrogens (tertiary/aromatic N) is 3. The Labute approximate surface area is 157 Å². The zero-order valence-electron chi connectivity index (χ0n) is 15.4. The molecule has 0 saturated carbocycles. The molecule has 0 spiro atoms. The molecule has 1 aliphatic rings. The largest absolute Gasteiger partial charge is 0.494 e. The number of halogens is 1. The van der Waals surface area contributed by atoms with E-state index >= 15 is 0 Å². The zero-order chi connectivity index (χ0) is 19.4. The van der Waals surface area contributed by atoms with Gasteiger partial charge in [0.05, 0.1) is 18.1 Å². The molecule has 3 rings (SSSR count). The Bertz CT molecular complexity index is 805. The van der Waals surface area contributed by atoms with E-state index in [1.165, 1.54) is 26.0 Å². The van der Waals surface area contributed by atoms with Crippen LogP contribution in [0.15, 0.2) is 30.5 Å². The van der Waals surface area contributed by atoms with Gasteiger partial charge in [0.25, 0.3) is 5.69 Å². The van der Waals surface area contributed by atoms with Gasteiger partial charge in [-0.1, -0.05) is 13.0 Å². The molecule has 1 N–H and O–H groups in total. The minimum atomic E-state index is -0.767. The summed E-state index contributed by atoms with van der Waals surface area (Å²) >= 11 is 0. The van der Waals surface area contributed by atoms with Crippen molar-refractivity contribution < 1.29 is 14.1 Å². The molecule has 0 bridgehead atoms. The lowest BCUT2D eigenvalue weighted by atomic mass is 9.99. The number of aromatic nitrogens is 1. The van der Waals surface area contributed by atoms with Crippen LogP contribution in [0, 0.1) is 21.8 Å². The Morgan fingerprint density at radius 1 is 1.37 bits per heavy atom. The highest BCUT2D eigenvalue weighted by molar-refractivity contribution is 5.64. The molecule has 1 aliphatic heterocycles. The van der Waals surface area contributed by atoms with Gasteiger partial charge in [-0.25, -0.2) is 9.37 Å². The van der Waals surface area contributed by atoms with Crippen molar-refractivity contribution in [1.29, 1.82) is 0 Å². The van der Waals surface area contributed by atoms with Crippen molar-refractivity contribution in [3.63, 3.8) is 0 Å². The fraction of sp³-hybridized carbons (Fsp3) is 0.421. The first-order valence-corrected chi connectivity index (χ1v) is 8.93. The van der Waals surface area contributed by atoms with Gasteiger partial charge in [-0.3, -0.25) is 10.1 Å². The van der Waals surface area contributed by atoms with Crippen LogP contribution in [0.3, 0.4) is 0 Å². The fourth-order valence-corrected chi connectivity index (χ4v) is 3.14. The quantitative estimate of drug-likeness (QED) is 0.608. The molecule has 0 radical (unpaired) electrons. The van der Waals surface area contributed by atoms with E-state index in [2.05, 4.69) is 22.1 Å². The SMILES string of the molecule is COc1cc(NCc2ccc(N3CCC(C)CC3)nc2)c([N+](=O)[O-])cc1F. The summed E-state index contributed by atoms with van der Waals surface area (Å²) in [5.74, 6) is 0.890. The van der Waals surface area contributed by atoms with Gasteiger partial charge in [-0.05, 0) is 30.4 Å². The van der Waals surface area contributed by atoms with Gasteiger partial charge in [-0.2, -0.15) is 0 Å². The zero-order valence-corrected chi connectivity index (χ0v) is 15.4. The summed E-state index contributed by atoms with van der Waals surface area (Å²) in [4.78, 5) is 17.3. The highest BCUT2D eigenvalue weighted by Gasteiger charge is 2.19. The van der Waals surface area contributed by atoms with Crippen LogP contribution in [-0.2, 0) is 6.54 Å². The van der Waals surface area contributed by atoms with E-state index in [4.69, 9.17) is 4.74 Å². The van der Waals surface area contributed by atoms with Crippen LogP contribution in [0.5, 0.6) is 5.75 Å². The van der Waals surface area contributed by atoms with Crippen LogP contribution in [0.25, 0.3) is 0 Å². The number of rotatable bonds is 6. The van der Waals surface area contributed by atoms with Gasteiger partial charge in [0, 0.05) is 31.9 Å². The molecule has 2 aromatic rings. The van der Waals surface area contributed by atoms with Gasteiger partial charge in [0.15, 0.2) is 11.6 Å². The van der Waals surface area contributed by atoms with Gasteiger partial charge in [-0.15, -0.1) is 0 Å². The molecule has 1 saturated heterocycles. The summed E-state index contributed by atoms with van der Waals surface area (Å²) in [6.07, 6.45) is 4.09. The maximum atomic E-state index is 13.7. The molecule has 0 unspecified atom stereocenters. The molecule has 7 nitrogen and oxygen atoms in total. The Kier molecular flexibility index (Phi) is 5.73. The van der Waals surface area contributed by atoms with Crippen LogP contribution in [0.2, 0.25) is 0 Å². The standard InChI is InChI=1S/C19H23FN4O3/c1-13-5-7-23(8-6-13)19-4-3-14(12-22-19)11-21-16-10-18(27-2)15(20)9-17(16)24(25)26/h3-4,9-10,12-13,21H,5-8,11H2,1-2H3. The van der Waals surface area contributed by atoms with E-state index in [1.54, 1.807) is 6.20 Å². The number of hydrogen-bond acceptors (Lipinski definition) is 6. The number of nitro benzene ring substituents is 1. The lowest BCUT2D eigenvalue weighted by molar-refractivity contribution is -0.384. The smallest absolute Gasteiger partial charge is 0.295 e. The summed E-state index contributed by atoms with van der Waals surface area (Å²) in [7, 11) is 1.32. The fourth-order valence-electron chi connectivity index (χ4n) is 3.14. The summed E-state index contributed by atoms with van der Waals surface area (Å²) in [5.41, 5.74) is 0.745. The first kappa shape index (κ1) is 18.9. The number of benzene rings is 1. The van der Waals surface area contributed by atoms with E-state index in [9.17, 15) is 14.5 Å². The monoisotopic (exact) mass is 374 g/mol. The third-order valence-electron chi connectivity index (χ3n) is 4.87. The molecule has 144 valence electrons. The lowest BCUT2D eigenvalue weighted by Crippen LogP contribution is -2.33. The Balaban J connectivity index is 1.69. The van der Waals surface area contributed by atoms with E-state index in [-0.39, 0.29) is 17.1 Å². The van der Waals surface area contributed by atoms with Crippen LogP contribution >= 0.6 is 0 Å². The minimum Gasteiger partial charge on any atom is -0.494 e. The first-order chi connectivity index (χ1) is 13.0. The topological polar surface area (TPSA) is 80.5 Å². The molecule has 8 heteroatoms. The van der Waals surface area contributed by atoms with Crippen molar-refractivity contribution >= 4 is 17.2 Å². The predicted octanol–water partition coefficient (Wildman–Crippen LogP) is 3.99. The number of anilines is 2. The molecular weight excluding hydrogens is 351 g/mol. The predicted molar refractivity (Wildman–Crippen MR) is 102 cm³/mol. The third kappa shape index (κ3) is 4.45. The van der Waals surface area contributed by atoms with Crippen LogP contribution in [0.4, 0.5) is 21.6 Å². The first-order valence-electron chi connectivity index (χ1n) is 8.93. The molecule has 2 heterocycles. The second kappa shape index (κ2) is 8.20. The maximum absolute atomic E-state index is 13.7. The molecule has 1 fully saturated rings. The van der Waals surface area contributed by atoms with Gasteiger partial charge in [0.1, 0.15) is 11.5 Å². The maximum Gasteiger partial charge on any atom is 0.295 e. The Morgan fingerprint density at radius 2 is 2.11 bits per heavy atom. The Morgan fingerprint density at radius 3 is 2.70 bits per heavy atom. The normalized spacial score (nSPS) is 14.9. The average Bonchev–Trinajstić information content (AvgIpc) is 2.67. The lowest BCUT2D eigenvalue weighted by Gasteiger charge is -2.31. The van der Waals surface area contributed by atoms with Crippen molar-refractivity contribution in [3.8, 4) is 5.75 Å². The van der Waals surface area contributed by atoms with Crippen molar-refractivity contribution in [2.24, 2.45) is 5.92 Å². The van der Waals surface area contributed by atoms with Crippen molar-refractivity contribution in [1.82, 2.24) is 4.98 Å². The number of piperidine rings is 1. The summed E-state index contributed by atoms with van der Waals surface area (Å²) < 4.78 is 18.6.